The summed E-state index contributed by atoms with van der Waals surface area (Å²) in [6.45, 7) is 2.52. The van der Waals surface area contributed by atoms with Crippen molar-refractivity contribution < 1.29 is 9.90 Å². The number of carbonyl (C=O) groups is 1. The number of aromatic amines is 1. The molecule has 0 radical (unpaired) electrons. The van der Waals surface area contributed by atoms with E-state index >= 15 is 0 Å². The van der Waals surface area contributed by atoms with Gasteiger partial charge >= 0.3 is 6.09 Å². The fourth-order valence-corrected chi connectivity index (χ4v) is 3.02. The second-order valence-corrected chi connectivity index (χ2v) is 5.66. The Labute approximate surface area is 127 Å². The molecule has 1 unspecified atom stereocenters. The lowest BCUT2D eigenvalue weighted by Gasteiger charge is -2.19. The maximum Gasteiger partial charge on any atom is 0.407 e. The summed E-state index contributed by atoms with van der Waals surface area (Å²) in [6.07, 6.45) is 0.817. The van der Waals surface area contributed by atoms with Gasteiger partial charge in [-0.25, -0.2) is 4.79 Å². The summed E-state index contributed by atoms with van der Waals surface area (Å²) in [5, 5.41) is 17.2. The largest absolute Gasteiger partial charge is 0.465 e. The van der Waals surface area contributed by atoms with Crippen LogP contribution in [0.4, 0.5) is 4.79 Å². The van der Waals surface area contributed by atoms with Gasteiger partial charge in [-0.15, -0.1) is 0 Å². The average Bonchev–Trinajstić information content (AvgIpc) is 3.09. The lowest BCUT2D eigenvalue weighted by atomic mass is 10.0. The van der Waals surface area contributed by atoms with Crippen LogP contribution in [-0.4, -0.2) is 32.8 Å². The number of aromatic nitrogens is 2. The summed E-state index contributed by atoms with van der Waals surface area (Å²) in [5.41, 5.74) is 3.56. The smallest absolute Gasteiger partial charge is 0.407 e. The fourth-order valence-electron chi connectivity index (χ4n) is 2.85. The van der Waals surface area contributed by atoms with Gasteiger partial charge in [-0.2, -0.15) is 5.10 Å². The SMILES string of the molecule is Cc1c(Cl)cccc1-c1cc(C2CCCN2C(=O)O)[nH]n1. The Hall–Kier alpha value is -2.01. The van der Waals surface area contributed by atoms with E-state index in [4.69, 9.17) is 11.6 Å². The third-order valence-electron chi connectivity index (χ3n) is 4.00. The number of amides is 1. The summed E-state index contributed by atoms with van der Waals surface area (Å²) in [6, 6.07) is 7.48. The van der Waals surface area contributed by atoms with Crippen LogP contribution in [0, 0.1) is 6.92 Å². The Bertz CT molecular complexity index is 683. The molecule has 0 bridgehead atoms. The minimum Gasteiger partial charge on any atom is -0.465 e. The van der Waals surface area contributed by atoms with Crippen LogP contribution in [-0.2, 0) is 0 Å². The van der Waals surface area contributed by atoms with Crippen molar-refractivity contribution in [1.82, 2.24) is 15.1 Å². The van der Waals surface area contributed by atoms with Crippen molar-refractivity contribution in [2.24, 2.45) is 0 Å². The molecule has 21 heavy (non-hydrogen) atoms. The minimum absolute atomic E-state index is 0.136. The Kier molecular flexibility index (Phi) is 3.59. The molecule has 1 saturated heterocycles. The molecule has 110 valence electrons. The quantitative estimate of drug-likeness (QED) is 0.885. The molecule has 1 aliphatic heterocycles. The number of H-pyrrole nitrogens is 1. The van der Waals surface area contributed by atoms with Crippen LogP contribution < -0.4 is 0 Å². The molecule has 5 nitrogen and oxygen atoms in total. The first-order valence-electron chi connectivity index (χ1n) is 6.88. The number of nitrogens with zero attached hydrogens (tertiary/aromatic N) is 2. The Morgan fingerprint density at radius 3 is 3.10 bits per heavy atom. The molecule has 3 rings (SSSR count). The van der Waals surface area contributed by atoms with Crippen LogP contribution in [0.3, 0.4) is 0 Å². The van der Waals surface area contributed by atoms with Crippen molar-refractivity contribution in [3.63, 3.8) is 0 Å². The van der Waals surface area contributed by atoms with Crippen molar-refractivity contribution in [3.05, 3.63) is 40.5 Å². The molecule has 0 saturated carbocycles. The van der Waals surface area contributed by atoms with E-state index in [9.17, 15) is 9.90 Å². The van der Waals surface area contributed by atoms with Crippen molar-refractivity contribution in [2.45, 2.75) is 25.8 Å². The van der Waals surface area contributed by atoms with Crippen molar-refractivity contribution in [3.8, 4) is 11.3 Å². The van der Waals surface area contributed by atoms with Gasteiger partial charge in [-0.05, 0) is 37.5 Å². The zero-order chi connectivity index (χ0) is 15.0. The van der Waals surface area contributed by atoms with E-state index in [0.717, 1.165) is 35.4 Å². The fraction of sp³-hybridized carbons (Fsp3) is 0.333. The summed E-state index contributed by atoms with van der Waals surface area (Å²) in [5.74, 6) is 0. The van der Waals surface area contributed by atoms with Gasteiger partial charge in [-0.1, -0.05) is 23.7 Å². The van der Waals surface area contributed by atoms with E-state index in [0.29, 0.717) is 11.6 Å². The molecule has 2 aromatic rings. The number of likely N-dealkylation sites (tertiary alicyclic amines) is 1. The molecule has 0 spiro atoms. The van der Waals surface area contributed by atoms with Crippen molar-refractivity contribution >= 4 is 17.7 Å². The highest BCUT2D eigenvalue weighted by Crippen LogP contribution is 2.34. The molecule has 2 heterocycles. The normalized spacial score (nSPS) is 18.2. The average molecular weight is 306 g/mol. The zero-order valence-corrected chi connectivity index (χ0v) is 12.4. The summed E-state index contributed by atoms with van der Waals surface area (Å²) >= 11 is 6.14. The molecule has 6 heteroatoms. The second kappa shape index (κ2) is 5.41. The van der Waals surface area contributed by atoms with Crippen molar-refractivity contribution in [2.75, 3.05) is 6.54 Å². The Balaban J connectivity index is 1.93. The van der Waals surface area contributed by atoms with E-state index in [1.807, 2.05) is 31.2 Å². The van der Waals surface area contributed by atoms with E-state index in [-0.39, 0.29) is 6.04 Å². The van der Waals surface area contributed by atoms with Gasteiger partial charge in [0.05, 0.1) is 17.4 Å². The number of hydrogen-bond donors (Lipinski definition) is 2. The number of carboxylic acid groups (broad SMARTS) is 1. The Morgan fingerprint density at radius 2 is 2.33 bits per heavy atom. The molecular weight excluding hydrogens is 290 g/mol. The Morgan fingerprint density at radius 1 is 1.52 bits per heavy atom. The number of rotatable bonds is 2. The van der Waals surface area contributed by atoms with Crippen LogP contribution in [0.2, 0.25) is 5.02 Å². The van der Waals surface area contributed by atoms with Crippen LogP contribution in [0.15, 0.2) is 24.3 Å². The predicted molar refractivity (Wildman–Crippen MR) is 80.5 cm³/mol. The van der Waals surface area contributed by atoms with Crippen LogP contribution in [0.5, 0.6) is 0 Å². The van der Waals surface area contributed by atoms with E-state index in [1.54, 1.807) is 0 Å². The van der Waals surface area contributed by atoms with Gasteiger partial charge < -0.3 is 5.11 Å². The van der Waals surface area contributed by atoms with Gasteiger partial charge in [-0.3, -0.25) is 10.00 Å². The lowest BCUT2D eigenvalue weighted by Crippen LogP contribution is -2.28. The summed E-state index contributed by atoms with van der Waals surface area (Å²) in [7, 11) is 0. The maximum atomic E-state index is 11.2. The minimum atomic E-state index is -0.882. The molecule has 1 aromatic carbocycles. The number of hydrogen-bond acceptors (Lipinski definition) is 2. The lowest BCUT2D eigenvalue weighted by molar-refractivity contribution is 0.139. The van der Waals surface area contributed by atoms with Gasteiger partial charge in [0.1, 0.15) is 0 Å². The molecule has 1 atom stereocenters. The highest BCUT2D eigenvalue weighted by atomic mass is 35.5. The first-order chi connectivity index (χ1) is 10.1. The second-order valence-electron chi connectivity index (χ2n) is 5.25. The molecular formula is C15H16ClN3O2. The van der Waals surface area contributed by atoms with E-state index in [2.05, 4.69) is 10.2 Å². The molecule has 0 aliphatic carbocycles. The number of benzene rings is 1. The standard InChI is InChI=1S/C15H16ClN3O2/c1-9-10(4-2-5-11(9)16)12-8-13(18-17-12)14-6-3-7-19(14)15(20)21/h2,4-5,8,14H,3,6-7H2,1H3,(H,17,18)(H,20,21). The van der Waals surface area contributed by atoms with E-state index < -0.39 is 6.09 Å². The topological polar surface area (TPSA) is 69.2 Å². The highest BCUT2D eigenvalue weighted by molar-refractivity contribution is 6.31. The zero-order valence-electron chi connectivity index (χ0n) is 11.6. The number of nitrogens with one attached hydrogen (secondary N) is 1. The van der Waals surface area contributed by atoms with Crippen molar-refractivity contribution in [1.29, 1.82) is 0 Å². The van der Waals surface area contributed by atoms with Crippen LogP contribution >= 0.6 is 11.6 Å². The van der Waals surface area contributed by atoms with Gasteiger partial charge in [0.25, 0.3) is 0 Å². The number of halogens is 1. The molecule has 1 fully saturated rings. The third-order valence-corrected chi connectivity index (χ3v) is 4.41. The molecule has 1 aliphatic rings. The molecule has 2 N–H and O–H groups in total. The molecule has 1 aromatic heterocycles. The first-order valence-corrected chi connectivity index (χ1v) is 7.26. The predicted octanol–water partition coefficient (Wildman–Crippen LogP) is 3.85. The summed E-state index contributed by atoms with van der Waals surface area (Å²) in [4.78, 5) is 12.7. The highest BCUT2D eigenvalue weighted by Gasteiger charge is 2.31. The van der Waals surface area contributed by atoms with E-state index in [1.165, 1.54) is 4.90 Å². The van der Waals surface area contributed by atoms with Gasteiger partial charge in [0, 0.05) is 17.1 Å². The first kappa shape index (κ1) is 13.9. The monoisotopic (exact) mass is 305 g/mol. The van der Waals surface area contributed by atoms with Gasteiger partial charge in [0.2, 0.25) is 0 Å². The third kappa shape index (κ3) is 2.49. The van der Waals surface area contributed by atoms with Crippen LogP contribution in [0.25, 0.3) is 11.3 Å². The maximum absolute atomic E-state index is 11.2. The van der Waals surface area contributed by atoms with Gasteiger partial charge in [0.15, 0.2) is 0 Å². The summed E-state index contributed by atoms with van der Waals surface area (Å²) < 4.78 is 0. The molecule has 1 amide bonds. The van der Waals surface area contributed by atoms with Crippen LogP contribution in [0.1, 0.15) is 30.1 Å².